The highest BCUT2D eigenvalue weighted by molar-refractivity contribution is 5.96. The number of amides is 1. The van der Waals surface area contributed by atoms with Crippen molar-refractivity contribution in [3.63, 3.8) is 0 Å². The molecule has 0 unspecified atom stereocenters. The summed E-state index contributed by atoms with van der Waals surface area (Å²) in [5, 5.41) is 31.6. The SMILES string of the molecule is CC1(C)C=C(C(=O)NC(CO)CO)C(C)(C)N1O. The standard InChI is InChI=1S/C12H22N2O4/c1-11(2)5-9(12(3,4)14(11)18)10(17)13-8(6-15)7-16/h5,8,15-16,18H,6-7H2,1-4H3,(H,13,17). The van der Waals surface area contributed by atoms with Gasteiger partial charge in [-0.2, -0.15) is 5.06 Å². The number of aliphatic hydroxyl groups is 2. The molecule has 0 aliphatic carbocycles. The van der Waals surface area contributed by atoms with E-state index >= 15 is 0 Å². The molecule has 0 saturated heterocycles. The lowest BCUT2D eigenvalue weighted by Gasteiger charge is -2.36. The minimum Gasteiger partial charge on any atom is -0.394 e. The van der Waals surface area contributed by atoms with Gasteiger partial charge in [-0.1, -0.05) is 6.08 Å². The lowest BCUT2D eigenvalue weighted by Crippen LogP contribution is -2.50. The summed E-state index contributed by atoms with van der Waals surface area (Å²) in [4.78, 5) is 12.1. The maximum atomic E-state index is 12.1. The molecule has 1 amide bonds. The van der Waals surface area contributed by atoms with Crippen LogP contribution in [0.1, 0.15) is 27.7 Å². The van der Waals surface area contributed by atoms with Crippen LogP contribution < -0.4 is 5.32 Å². The van der Waals surface area contributed by atoms with E-state index in [1.807, 2.05) is 0 Å². The highest BCUT2D eigenvalue weighted by Crippen LogP contribution is 2.38. The molecule has 0 aromatic heterocycles. The van der Waals surface area contributed by atoms with Crippen molar-refractivity contribution in [2.24, 2.45) is 0 Å². The quantitative estimate of drug-likeness (QED) is 0.553. The second-order valence-corrected chi connectivity index (χ2v) is 5.62. The zero-order chi connectivity index (χ0) is 14.1. The van der Waals surface area contributed by atoms with Crippen molar-refractivity contribution in [3.8, 4) is 0 Å². The predicted octanol–water partition coefficient (Wildman–Crippen LogP) is -0.356. The molecule has 0 radical (unpaired) electrons. The third-order valence-electron chi connectivity index (χ3n) is 3.25. The Morgan fingerprint density at radius 3 is 2.17 bits per heavy atom. The van der Waals surface area contributed by atoms with Gasteiger partial charge < -0.3 is 20.7 Å². The van der Waals surface area contributed by atoms with Crippen molar-refractivity contribution in [1.82, 2.24) is 10.4 Å². The number of hydrogen-bond acceptors (Lipinski definition) is 5. The van der Waals surface area contributed by atoms with Crippen molar-refractivity contribution in [2.45, 2.75) is 44.8 Å². The van der Waals surface area contributed by atoms with E-state index in [9.17, 15) is 10.0 Å². The smallest absolute Gasteiger partial charge is 0.249 e. The van der Waals surface area contributed by atoms with Gasteiger partial charge in [-0.3, -0.25) is 4.79 Å². The van der Waals surface area contributed by atoms with Gasteiger partial charge in [0.25, 0.3) is 0 Å². The largest absolute Gasteiger partial charge is 0.394 e. The molecular formula is C12H22N2O4. The van der Waals surface area contributed by atoms with Gasteiger partial charge in [0.1, 0.15) is 0 Å². The molecule has 1 aliphatic rings. The summed E-state index contributed by atoms with van der Waals surface area (Å²) in [7, 11) is 0. The number of aliphatic hydroxyl groups excluding tert-OH is 2. The van der Waals surface area contributed by atoms with E-state index in [0.29, 0.717) is 5.57 Å². The van der Waals surface area contributed by atoms with Crippen LogP contribution in [-0.4, -0.2) is 56.7 Å². The van der Waals surface area contributed by atoms with Gasteiger partial charge in [0.05, 0.1) is 30.3 Å². The molecule has 0 fully saturated rings. The highest BCUT2D eigenvalue weighted by atomic mass is 16.5. The molecule has 104 valence electrons. The van der Waals surface area contributed by atoms with E-state index in [4.69, 9.17) is 10.2 Å². The monoisotopic (exact) mass is 258 g/mol. The van der Waals surface area contributed by atoms with Gasteiger partial charge >= 0.3 is 0 Å². The van der Waals surface area contributed by atoms with Crippen LogP contribution in [0.3, 0.4) is 0 Å². The number of carbonyl (C=O) groups is 1. The first-order valence-electron chi connectivity index (χ1n) is 5.92. The molecule has 0 bridgehead atoms. The average Bonchev–Trinajstić information content (AvgIpc) is 2.46. The van der Waals surface area contributed by atoms with Crippen molar-refractivity contribution in [2.75, 3.05) is 13.2 Å². The minimum atomic E-state index is -0.816. The van der Waals surface area contributed by atoms with Crippen molar-refractivity contribution < 1.29 is 20.2 Å². The Morgan fingerprint density at radius 2 is 1.83 bits per heavy atom. The second kappa shape index (κ2) is 4.97. The summed E-state index contributed by atoms with van der Waals surface area (Å²) in [5.74, 6) is -0.391. The number of nitrogens with one attached hydrogen (secondary N) is 1. The van der Waals surface area contributed by atoms with Gasteiger partial charge in [0.15, 0.2) is 0 Å². The van der Waals surface area contributed by atoms with Gasteiger partial charge in [0, 0.05) is 5.57 Å². The molecule has 1 aliphatic heterocycles. The molecule has 0 spiro atoms. The van der Waals surface area contributed by atoms with E-state index in [2.05, 4.69) is 5.32 Å². The van der Waals surface area contributed by atoms with E-state index in [-0.39, 0.29) is 13.2 Å². The molecule has 6 nitrogen and oxygen atoms in total. The lowest BCUT2D eigenvalue weighted by atomic mass is 9.95. The highest BCUT2D eigenvalue weighted by Gasteiger charge is 2.47. The number of hydroxylamine groups is 2. The van der Waals surface area contributed by atoms with Gasteiger partial charge in [-0.05, 0) is 27.7 Å². The van der Waals surface area contributed by atoms with Crippen LogP contribution in [0.5, 0.6) is 0 Å². The number of carbonyl (C=O) groups excluding carboxylic acids is 1. The molecule has 1 heterocycles. The van der Waals surface area contributed by atoms with E-state index < -0.39 is 23.0 Å². The number of hydrogen-bond donors (Lipinski definition) is 4. The van der Waals surface area contributed by atoms with Crippen LogP contribution in [0, 0.1) is 0 Å². The Bertz CT molecular complexity index is 359. The van der Waals surface area contributed by atoms with E-state index in [0.717, 1.165) is 5.06 Å². The fraction of sp³-hybridized carbons (Fsp3) is 0.750. The van der Waals surface area contributed by atoms with Crippen LogP contribution in [0.4, 0.5) is 0 Å². The van der Waals surface area contributed by atoms with E-state index in [1.54, 1.807) is 33.8 Å². The summed E-state index contributed by atoms with van der Waals surface area (Å²) >= 11 is 0. The Hall–Kier alpha value is -0.950. The fourth-order valence-electron chi connectivity index (χ4n) is 2.18. The zero-order valence-corrected chi connectivity index (χ0v) is 11.3. The Morgan fingerprint density at radius 1 is 1.33 bits per heavy atom. The normalized spacial score (nSPS) is 22.1. The van der Waals surface area contributed by atoms with Crippen LogP contribution in [0.2, 0.25) is 0 Å². The van der Waals surface area contributed by atoms with Crippen LogP contribution >= 0.6 is 0 Å². The predicted molar refractivity (Wildman–Crippen MR) is 66.0 cm³/mol. The van der Waals surface area contributed by atoms with Crippen LogP contribution in [0.15, 0.2) is 11.6 Å². The third kappa shape index (κ3) is 2.56. The van der Waals surface area contributed by atoms with Crippen LogP contribution in [0.25, 0.3) is 0 Å². The number of nitrogens with zero attached hydrogens (tertiary/aromatic N) is 1. The first kappa shape index (κ1) is 15.1. The summed E-state index contributed by atoms with van der Waals surface area (Å²) < 4.78 is 0. The molecule has 0 aromatic carbocycles. The molecule has 0 saturated carbocycles. The van der Waals surface area contributed by atoms with Crippen molar-refractivity contribution >= 4 is 5.91 Å². The molecule has 4 N–H and O–H groups in total. The van der Waals surface area contributed by atoms with Crippen molar-refractivity contribution in [1.29, 1.82) is 0 Å². The molecule has 6 heteroatoms. The molecule has 0 aromatic rings. The Balaban J connectivity index is 2.92. The topological polar surface area (TPSA) is 93.0 Å². The molecular weight excluding hydrogens is 236 g/mol. The Labute approximate surface area is 107 Å². The zero-order valence-electron chi connectivity index (χ0n) is 11.3. The lowest BCUT2D eigenvalue weighted by molar-refractivity contribution is -0.186. The van der Waals surface area contributed by atoms with Crippen molar-refractivity contribution in [3.05, 3.63) is 11.6 Å². The van der Waals surface area contributed by atoms with E-state index in [1.165, 1.54) is 0 Å². The summed E-state index contributed by atoms with van der Waals surface area (Å²) in [5.41, 5.74) is -1.03. The molecule has 1 rings (SSSR count). The maximum absolute atomic E-state index is 12.1. The second-order valence-electron chi connectivity index (χ2n) is 5.62. The molecule has 18 heavy (non-hydrogen) atoms. The number of rotatable bonds is 4. The van der Waals surface area contributed by atoms with Gasteiger partial charge in [-0.15, -0.1) is 0 Å². The fourth-order valence-corrected chi connectivity index (χ4v) is 2.18. The molecule has 0 atom stereocenters. The summed E-state index contributed by atoms with van der Waals surface area (Å²) in [6, 6.07) is -0.690. The minimum absolute atomic E-state index is 0.331. The maximum Gasteiger partial charge on any atom is 0.249 e. The van der Waals surface area contributed by atoms with Gasteiger partial charge in [-0.25, -0.2) is 0 Å². The Kier molecular flexibility index (Phi) is 4.17. The summed E-state index contributed by atoms with van der Waals surface area (Å²) in [6.07, 6.45) is 1.69. The van der Waals surface area contributed by atoms with Gasteiger partial charge in [0.2, 0.25) is 5.91 Å². The van der Waals surface area contributed by atoms with Crippen LogP contribution in [-0.2, 0) is 4.79 Å². The first-order valence-corrected chi connectivity index (χ1v) is 5.92. The average molecular weight is 258 g/mol. The first-order chi connectivity index (χ1) is 8.16. The summed E-state index contributed by atoms with van der Waals surface area (Å²) in [6.45, 7) is 6.40. The third-order valence-corrected chi connectivity index (χ3v) is 3.25.